The lowest BCUT2D eigenvalue weighted by atomic mass is 10.2. The Balaban J connectivity index is 2.91. The van der Waals surface area contributed by atoms with Crippen LogP contribution >= 0.6 is 0 Å². The van der Waals surface area contributed by atoms with E-state index in [9.17, 15) is 4.79 Å². The third-order valence-electron chi connectivity index (χ3n) is 1.90. The molecule has 1 aromatic carbocycles. The molecule has 2 amide bonds. The van der Waals surface area contributed by atoms with Crippen molar-refractivity contribution in [3.05, 3.63) is 29.8 Å². The molecule has 0 heterocycles. The number of anilines is 1. The number of nitrogens with zero attached hydrogens (tertiary/aromatic N) is 1. The molecule has 0 unspecified atom stereocenters. The number of para-hydroxylation sites is 1. The molecule has 4 nitrogen and oxygen atoms in total. The van der Waals surface area contributed by atoms with E-state index in [0.29, 0.717) is 12.2 Å². The molecule has 0 radical (unpaired) electrons. The maximum Gasteiger partial charge on any atom is 0.321 e. The van der Waals surface area contributed by atoms with E-state index in [2.05, 4.69) is 17.2 Å². The van der Waals surface area contributed by atoms with Gasteiger partial charge in [0.05, 0.1) is 12.2 Å². The Morgan fingerprint density at radius 2 is 2.12 bits per heavy atom. The van der Waals surface area contributed by atoms with Crippen LogP contribution < -0.4 is 11.1 Å². The van der Waals surface area contributed by atoms with Crippen molar-refractivity contribution >= 4 is 11.7 Å². The van der Waals surface area contributed by atoms with E-state index in [1.54, 1.807) is 14.1 Å². The van der Waals surface area contributed by atoms with Crippen molar-refractivity contribution in [2.45, 2.75) is 0 Å². The summed E-state index contributed by atoms with van der Waals surface area (Å²) in [6.07, 6.45) is 0. The van der Waals surface area contributed by atoms with Crippen LogP contribution in [0, 0.1) is 11.8 Å². The van der Waals surface area contributed by atoms with E-state index in [-0.39, 0.29) is 6.03 Å². The van der Waals surface area contributed by atoms with Gasteiger partial charge in [0.15, 0.2) is 0 Å². The highest BCUT2D eigenvalue weighted by atomic mass is 16.2. The number of carbonyl (C=O) groups is 1. The molecular formula is C12H15N3O. The molecule has 0 spiro atoms. The van der Waals surface area contributed by atoms with Crippen LogP contribution in [0.25, 0.3) is 0 Å². The fourth-order valence-electron chi connectivity index (χ4n) is 1.07. The lowest BCUT2D eigenvalue weighted by Gasteiger charge is -2.12. The summed E-state index contributed by atoms with van der Waals surface area (Å²) in [6.45, 7) is 0.302. The zero-order chi connectivity index (χ0) is 12.0. The van der Waals surface area contributed by atoms with Gasteiger partial charge < -0.3 is 16.0 Å². The summed E-state index contributed by atoms with van der Waals surface area (Å²) in [7, 11) is 3.37. The molecule has 1 aromatic rings. The maximum absolute atomic E-state index is 11.5. The molecule has 4 heteroatoms. The van der Waals surface area contributed by atoms with Crippen molar-refractivity contribution in [2.75, 3.05) is 26.0 Å². The minimum atomic E-state index is -0.179. The molecule has 0 saturated heterocycles. The monoisotopic (exact) mass is 217 g/mol. The number of carbonyl (C=O) groups excluding carboxylic acids is 1. The van der Waals surface area contributed by atoms with E-state index >= 15 is 0 Å². The lowest BCUT2D eigenvalue weighted by molar-refractivity contribution is 0.230. The SMILES string of the molecule is CN(C)C(=O)Nc1ccccc1C#CCN. The molecule has 0 aliphatic rings. The first kappa shape index (κ1) is 12.1. The Kier molecular flexibility index (Phi) is 4.37. The smallest absolute Gasteiger partial charge is 0.321 e. The maximum atomic E-state index is 11.5. The van der Waals surface area contributed by atoms with Gasteiger partial charge in [0.25, 0.3) is 0 Å². The molecule has 1 rings (SSSR count). The number of hydrogen-bond acceptors (Lipinski definition) is 2. The van der Waals surface area contributed by atoms with Crippen LogP contribution in [0.1, 0.15) is 5.56 Å². The number of nitrogens with one attached hydrogen (secondary N) is 1. The summed E-state index contributed by atoms with van der Waals surface area (Å²) in [4.78, 5) is 12.9. The number of hydrogen-bond donors (Lipinski definition) is 2. The summed E-state index contributed by atoms with van der Waals surface area (Å²) in [5.74, 6) is 5.67. The molecule has 0 aliphatic carbocycles. The summed E-state index contributed by atoms with van der Waals surface area (Å²) >= 11 is 0. The van der Waals surface area contributed by atoms with Crippen molar-refractivity contribution in [3.8, 4) is 11.8 Å². The zero-order valence-electron chi connectivity index (χ0n) is 9.45. The number of urea groups is 1. The van der Waals surface area contributed by atoms with E-state index in [1.807, 2.05) is 24.3 Å². The second-order valence-electron chi connectivity index (χ2n) is 3.38. The highest BCUT2D eigenvalue weighted by molar-refractivity contribution is 5.90. The van der Waals surface area contributed by atoms with E-state index in [4.69, 9.17) is 5.73 Å². The number of benzene rings is 1. The first-order valence-electron chi connectivity index (χ1n) is 4.91. The summed E-state index contributed by atoms with van der Waals surface area (Å²) in [5, 5.41) is 2.76. The van der Waals surface area contributed by atoms with E-state index in [1.165, 1.54) is 4.90 Å². The highest BCUT2D eigenvalue weighted by Crippen LogP contribution is 2.13. The van der Waals surface area contributed by atoms with Crippen LogP contribution in [-0.2, 0) is 0 Å². The molecule has 16 heavy (non-hydrogen) atoms. The molecule has 0 fully saturated rings. The van der Waals surface area contributed by atoms with Crippen molar-refractivity contribution in [1.29, 1.82) is 0 Å². The van der Waals surface area contributed by atoms with Crippen molar-refractivity contribution in [2.24, 2.45) is 5.73 Å². The van der Waals surface area contributed by atoms with Crippen LogP contribution in [0.2, 0.25) is 0 Å². The molecular weight excluding hydrogens is 202 g/mol. The average Bonchev–Trinajstić information content (AvgIpc) is 2.27. The fourth-order valence-corrected chi connectivity index (χ4v) is 1.07. The van der Waals surface area contributed by atoms with E-state index < -0.39 is 0 Å². The van der Waals surface area contributed by atoms with Crippen LogP contribution in [0.3, 0.4) is 0 Å². The second kappa shape index (κ2) is 5.79. The van der Waals surface area contributed by atoms with Crippen molar-refractivity contribution in [3.63, 3.8) is 0 Å². The summed E-state index contributed by atoms with van der Waals surface area (Å²) in [6, 6.07) is 7.18. The second-order valence-corrected chi connectivity index (χ2v) is 3.38. The predicted molar refractivity (Wildman–Crippen MR) is 65.1 cm³/mol. The molecule has 3 N–H and O–H groups in total. The normalized spacial score (nSPS) is 8.94. The Hall–Kier alpha value is -1.99. The number of rotatable bonds is 1. The van der Waals surface area contributed by atoms with Crippen LogP contribution in [-0.4, -0.2) is 31.6 Å². The molecule has 84 valence electrons. The minimum absolute atomic E-state index is 0.179. The Labute approximate surface area is 95.4 Å². The quantitative estimate of drug-likeness (QED) is 0.692. The van der Waals surface area contributed by atoms with Gasteiger partial charge in [-0.3, -0.25) is 0 Å². The van der Waals surface area contributed by atoms with Gasteiger partial charge in [0.2, 0.25) is 0 Å². The van der Waals surface area contributed by atoms with Gasteiger partial charge in [-0.05, 0) is 12.1 Å². The Morgan fingerprint density at radius 3 is 2.75 bits per heavy atom. The van der Waals surface area contributed by atoms with Crippen LogP contribution in [0.5, 0.6) is 0 Å². The van der Waals surface area contributed by atoms with Gasteiger partial charge in [-0.1, -0.05) is 24.0 Å². The van der Waals surface area contributed by atoms with Gasteiger partial charge in [-0.25, -0.2) is 4.79 Å². The number of amides is 2. The topological polar surface area (TPSA) is 58.4 Å². The lowest BCUT2D eigenvalue weighted by Crippen LogP contribution is -2.27. The van der Waals surface area contributed by atoms with Gasteiger partial charge >= 0.3 is 6.03 Å². The zero-order valence-corrected chi connectivity index (χ0v) is 9.45. The van der Waals surface area contributed by atoms with Gasteiger partial charge in [-0.2, -0.15) is 0 Å². The molecule has 0 aromatic heterocycles. The Bertz CT molecular complexity index is 429. The molecule has 0 bridgehead atoms. The standard InChI is InChI=1S/C12H15N3O/c1-15(2)12(16)14-11-8-4-3-6-10(11)7-5-9-13/h3-4,6,8H,9,13H2,1-2H3,(H,14,16). The molecule has 0 saturated carbocycles. The van der Waals surface area contributed by atoms with E-state index in [0.717, 1.165) is 5.56 Å². The highest BCUT2D eigenvalue weighted by Gasteiger charge is 2.05. The van der Waals surface area contributed by atoms with Gasteiger partial charge in [-0.15, -0.1) is 0 Å². The fraction of sp³-hybridized carbons (Fsp3) is 0.250. The van der Waals surface area contributed by atoms with Crippen molar-refractivity contribution in [1.82, 2.24) is 4.90 Å². The minimum Gasteiger partial charge on any atom is -0.331 e. The van der Waals surface area contributed by atoms with Crippen LogP contribution in [0.15, 0.2) is 24.3 Å². The number of nitrogens with two attached hydrogens (primary N) is 1. The molecule has 0 aliphatic heterocycles. The third-order valence-corrected chi connectivity index (χ3v) is 1.90. The Morgan fingerprint density at radius 1 is 1.44 bits per heavy atom. The first-order valence-corrected chi connectivity index (χ1v) is 4.91. The summed E-state index contributed by atoms with van der Waals surface area (Å²) < 4.78 is 0. The van der Waals surface area contributed by atoms with Crippen LogP contribution in [0.4, 0.5) is 10.5 Å². The molecule has 0 atom stereocenters. The van der Waals surface area contributed by atoms with Gasteiger partial charge in [0, 0.05) is 19.7 Å². The average molecular weight is 217 g/mol. The first-order chi connectivity index (χ1) is 7.65. The third kappa shape index (κ3) is 3.30. The largest absolute Gasteiger partial charge is 0.331 e. The van der Waals surface area contributed by atoms with Gasteiger partial charge in [0.1, 0.15) is 0 Å². The summed E-state index contributed by atoms with van der Waals surface area (Å²) in [5.41, 5.74) is 6.77. The van der Waals surface area contributed by atoms with Crippen molar-refractivity contribution < 1.29 is 4.79 Å². The predicted octanol–water partition coefficient (Wildman–Crippen LogP) is 1.09.